The van der Waals surface area contributed by atoms with Crippen LogP contribution in [0.1, 0.15) is 0 Å². The van der Waals surface area contributed by atoms with Crippen LogP contribution in [-0.2, 0) is 0 Å². The minimum atomic E-state index is 0.325. The number of nitrogens with zero attached hydrogens (tertiary/aromatic N) is 2. The van der Waals surface area contributed by atoms with E-state index in [9.17, 15) is 0 Å². The van der Waals surface area contributed by atoms with Crippen LogP contribution in [0, 0.1) is 0 Å². The summed E-state index contributed by atoms with van der Waals surface area (Å²) in [5.41, 5.74) is 2.33. The van der Waals surface area contributed by atoms with Crippen molar-refractivity contribution in [2.24, 2.45) is 5.84 Å². The predicted molar refractivity (Wildman–Crippen MR) is 61.4 cm³/mol. The SMILES string of the molecule is NNc1ncc(Oc2ccccc2Cl)cn1. The highest BCUT2D eigenvalue weighted by Crippen LogP contribution is 2.27. The Labute approximate surface area is 97.2 Å². The van der Waals surface area contributed by atoms with Gasteiger partial charge in [-0.1, -0.05) is 23.7 Å². The molecule has 2 rings (SSSR count). The fourth-order valence-electron chi connectivity index (χ4n) is 1.10. The van der Waals surface area contributed by atoms with Crippen molar-refractivity contribution in [2.75, 3.05) is 5.43 Å². The van der Waals surface area contributed by atoms with E-state index >= 15 is 0 Å². The van der Waals surface area contributed by atoms with Crippen LogP contribution >= 0.6 is 11.6 Å². The second kappa shape index (κ2) is 4.78. The molecule has 0 fully saturated rings. The first-order valence-electron chi connectivity index (χ1n) is 4.50. The van der Waals surface area contributed by atoms with Gasteiger partial charge < -0.3 is 4.74 Å². The zero-order valence-electron chi connectivity index (χ0n) is 8.22. The molecule has 0 aliphatic rings. The Balaban J connectivity index is 2.18. The van der Waals surface area contributed by atoms with Gasteiger partial charge in [-0.05, 0) is 12.1 Å². The van der Waals surface area contributed by atoms with Crippen molar-refractivity contribution in [3.05, 3.63) is 41.7 Å². The lowest BCUT2D eigenvalue weighted by Crippen LogP contribution is -2.09. The number of hydrogen-bond donors (Lipinski definition) is 2. The smallest absolute Gasteiger partial charge is 0.237 e. The molecule has 0 spiro atoms. The number of rotatable bonds is 3. The number of nitrogens with two attached hydrogens (primary N) is 1. The monoisotopic (exact) mass is 236 g/mol. The van der Waals surface area contributed by atoms with Crippen molar-refractivity contribution in [3.63, 3.8) is 0 Å². The van der Waals surface area contributed by atoms with Crippen molar-refractivity contribution in [2.45, 2.75) is 0 Å². The van der Waals surface area contributed by atoms with Crippen LogP contribution in [0.15, 0.2) is 36.7 Å². The number of benzene rings is 1. The maximum Gasteiger partial charge on any atom is 0.237 e. The van der Waals surface area contributed by atoms with Gasteiger partial charge in [0.05, 0.1) is 17.4 Å². The normalized spacial score (nSPS) is 9.88. The van der Waals surface area contributed by atoms with Crippen LogP contribution in [0.25, 0.3) is 0 Å². The van der Waals surface area contributed by atoms with Gasteiger partial charge in [-0.2, -0.15) is 0 Å². The molecule has 3 N–H and O–H groups in total. The largest absolute Gasteiger partial charge is 0.453 e. The highest BCUT2D eigenvalue weighted by Gasteiger charge is 2.02. The number of hydrazine groups is 1. The van der Waals surface area contributed by atoms with Gasteiger partial charge in [0.1, 0.15) is 5.75 Å². The Morgan fingerprint density at radius 1 is 1.19 bits per heavy atom. The molecule has 0 radical (unpaired) electrons. The van der Waals surface area contributed by atoms with E-state index in [1.807, 2.05) is 12.1 Å². The van der Waals surface area contributed by atoms with Crippen LogP contribution in [0.3, 0.4) is 0 Å². The highest BCUT2D eigenvalue weighted by atomic mass is 35.5. The van der Waals surface area contributed by atoms with Crippen LogP contribution in [-0.4, -0.2) is 9.97 Å². The third kappa shape index (κ3) is 2.39. The van der Waals surface area contributed by atoms with Crippen LogP contribution in [0.2, 0.25) is 5.02 Å². The van der Waals surface area contributed by atoms with Gasteiger partial charge in [0.25, 0.3) is 0 Å². The molecule has 16 heavy (non-hydrogen) atoms. The third-order valence-corrected chi connectivity index (χ3v) is 2.13. The summed E-state index contributed by atoms with van der Waals surface area (Å²) in [5.74, 6) is 6.51. The van der Waals surface area contributed by atoms with Crippen molar-refractivity contribution >= 4 is 17.5 Å². The van der Waals surface area contributed by atoms with Crippen molar-refractivity contribution in [1.82, 2.24) is 9.97 Å². The predicted octanol–water partition coefficient (Wildman–Crippen LogP) is 2.21. The molecule has 6 heteroatoms. The second-order valence-corrected chi connectivity index (χ2v) is 3.33. The lowest BCUT2D eigenvalue weighted by atomic mass is 10.3. The number of para-hydroxylation sites is 1. The number of anilines is 1. The Morgan fingerprint density at radius 3 is 2.50 bits per heavy atom. The van der Waals surface area contributed by atoms with E-state index in [4.69, 9.17) is 22.2 Å². The van der Waals surface area contributed by atoms with Crippen LogP contribution in [0.4, 0.5) is 5.95 Å². The minimum absolute atomic E-state index is 0.325. The summed E-state index contributed by atoms with van der Waals surface area (Å²) in [4.78, 5) is 7.82. The summed E-state index contributed by atoms with van der Waals surface area (Å²) in [6.45, 7) is 0. The average Bonchev–Trinajstić information content (AvgIpc) is 2.33. The van der Waals surface area contributed by atoms with Crippen LogP contribution in [0.5, 0.6) is 11.5 Å². The summed E-state index contributed by atoms with van der Waals surface area (Å²) in [5, 5.41) is 0.531. The number of aromatic nitrogens is 2. The van der Waals surface area contributed by atoms with Crippen molar-refractivity contribution in [3.8, 4) is 11.5 Å². The minimum Gasteiger partial charge on any atom is -0.453 e. The van der Waals surface area contributed by atoms with Gasteiger partial charge in [0.15, 0.2) is 5.75 Å². The Morgan fingerprint density at radius 2 is 1.88 bits per heavy atom. The zero-order chi connectivity index (χ0) is 11.4. The average molecular weight is 237 g/mol. The highest BCUT2D eigenvalue weighted by molar-refractivity contribution is 6.32. The molecule has 0 bridgehead atoms. The molecular weight excluding hydrogens is 228 g/mol. The lowest BCUT2D eigenvalue weighted by Gasteiger charge is -2.06. The van der Waals surface area contributed by atoms with Gasteiger partial charge >= 0.3 is 0 Å². The first-order chi connectivity index (χ1) is 7.79. The maximum absolute atomic E-state index is 5.93. The zero-order valence-corrected chi connectivity index (χ0v) is 8.98. The first kappa shape index (κ1) is 10.7. The third-order valence-electron chi connectivity index (χ3n) is 1.82. The molecule has 0 aliphatic heterocycles. The van der Waals surface area contributed by atoms with E-state index in [1.165, 1.54) is 12.4 Å². The van der Waals surface area contributed by atoms with E-state index < -0.39 is 0 Å². The summed E-state index contributed by atoms with van der Waals surface area (Å²) in [6, 6.07) is 7.16. The van der Waals surface area contributed by atoms with E-state index in [0.29, 0.717) is 22.5 Å². The number of nitrogen functional groups attached to an aromatic ring is 1. The molecule has 0 atom stereocenters. The van der Waals surface area contributed by atoms with Gasteiger partial charge in [0.2, 0.25) is 5.95 Å². The molecule has 82 valence electrons. The number of halogens is 1. The molecule has 0 unspecified atom stereocenters. The maximum atomic E-state index is 5.93. The molecule has 1 aromatic carbocycles. The summed E-state index contributed by atoms with van der Waals surface area (Å²) in [6.07, 6.45) is 3.01. The topological polar surface area (TPSA) is 73.1 Å². The molecule has 0 amide bonds. The molecular formula is C10H9ClN4O. The second-order valence-electron chi connectivity index (χ2n) is 2.92. The van der Waals surface area contributed by atoms with Gasteiger partial charge in [-0.3, -0.25) is 5.43 Å². The standard InChI is InChI=1S/C10H9ClN4O/c11-8-3-1-2-4-9(8)16-7-5-13-10(15-12)14-6-7/h1-6H,12H2,(H,13,14,15). The lowest BCUT2D eigenvalue weighted by molar-refractivity contribution is 0.478. The Bertz CT molecular complexity index is 475. The van der Waals surface area contributed by atoms with Crippen molar-refractivity contribution in [1.29, 1.82) is 0 Å². The van der Waals surface area contributed by atoms with E-state index in [0.717, 1.165) is 0 Å². The fourth-order valence-corrected chi connectivity index (χ4v) is 1.27. The fraction of sp³-hybridized carbons (Fsp3) is 0. The van der Waals surface area contributed by atoms with Crippen LogP contribution < -0.4 is 16.0 Å². The molecule has 5 nitrogen and oxygen atoms in total. The molecule has 0 aliphatic carbocycles. The van der Waals surface area contributed by atoms with E-state index in [-0.39, 0.29) is 0 Å². The summed E-state index contributed by atoms with van der Waals surface area (Å²) < 4.78 is 5.48. The quantitative estimate of drug-likeness (QED) is 0.631. The first-order valence-corrected chi connectivity index (χ1v) is 4.88. The molecule has 1 heterocycles. The molecule has 0 saturated heterocycles. The van der Waals surface area contributed by atoms with Gasteiger partial charge in [0, 0.05) is 0 Å². The Hall–Kier alpha value is -1.85. The van der Waals surface area contributed by atoms with Gasteiger partial charge in [-0.25, -0.2) is 15.8 Å². The molecule has 1 aromatic heterocycles. The van der Waals surface area contributed by atoms with Crippen molar-refractivity contribution < 1.29 is 4.74 Å². The van der Waals surface area contributed by atoms with E-state index in [2.05, 4.69) is 15.4 Å². The number of hydrogen-bond acceptors (Lipinski definition) is 5. The Kier molecular flexibility index (Phi) is 3.19. The van der Waals surface area contributed by atoms with E-state index in [1.54, 1.807) is 12.1 Å². The number of ether oxygens (including phenoxy) is 1. The molecule has 2 aromatic rings. The summed E-state index contributed by atoms with van der Waals surface area (Å²) in [7, 11) is 0. The molecule has 0 saturated carbocycles. The number of nitrogens with one attached hydrogen (secondary N) is 1. The van der Waals surface area contributed by atoms with Gasteiger partial charge in [-0.15, -0.1) is 0 Å². The summed E-state index contributed by atoms with van der Waals surface area (Å²) >= 11 is 5.93.